The molecule has 0 amide bonds. The SMILES string of the molecule is Cc1cc(C)cc(OCCCN(CC(=O)O)C(C)(C)C)c1. The molecule has 4 nitrogen and oxygen atoms in total. The zero-order valence-electron chi connectivity index (χ0n) is 13.8. The lowest BCUT2D eigenvalue weighted by molar-refractivity contribution is -0.139. The minimum atomic E-state index is -0.792. The summed E-state index contributed by atoms with van der Waals surface area (Å²) < 4.78 is 5.76. The Balaban J connectivity index is 2.45. The zero-order valence-corrected chi connectivity index (χ0v) is 13.8. The van der Waals surface area contributed by atoms with Gasteiger partial charge in [0.1, 0.15) is 5.75 Å². The average molecular weight is 293 g/mol. The van der Waals surface area contributed by atoms with Crippen LogP contribution in [0.25, 0.3) is 0 Å². The summed E-state index contributed by atoms with van der Waals surface area (Å²) in [6, 6.07) is 6.15. The smallest absolute Gasteiger partial charge is 0.317 e. The van der Waals surface area contributed by atoms with E-state index >= 15 is 0 Å². The second kappa shape index (κ2) is 7.46. The predicted molar refractivity (Wildman–Crippen MR) is 85.0 cm³/mol. The molecule has 0 fully saturated rings. The van der Waals surface area contributed by atoms with Gasteiger partial charge in [0, 0.05) is 12.1 Å². The van der Waals surface area contributed by atoms with E-state index in [4.69, 9.17) is 9.84 Å². The van der Waals surface area contributed by atoms with Crippen molar-refractivity contribution in [3.05, 3.63) is 29.3 Å². The van der Waals surface area contributed by atoms with Crippen LogP contribution in [0.2, 0.25) is 0 Å². The normalized spacial score (nSPS) is 11.7. The molecule has 4 heteroatoms. The summed E-state index contributed by atoms with van der Waals surface area (Å²) in [5.41, 5.74) is 2.22. The van der Waals surface area contributed by atoms with Gasteiger partial charge >= 0.3 is 5.97 Å². The molecular formula is C17H27NO3. The lowest BCUT2D eigenvalue weighted by Gasteiger charge is -2.34. The van der Waals surface area contributed by atoms with Gasteiger partial charge in [-0.3, -0.25) is 9.69 Å². The molecule has 0 bridgehead atoms. The Labute approximate surface area is 127 Å². The molecule has 0 aromatic heterocycles. The second-order valence-corrected chi connectivity index (χ2v) is 6.51. The minimum absolute atomic E-state index is 0.0626. The molecule has 1 aromatic carbocycles. The molecular weight excluding hydrogens is 266 g/mol. The van der Waals surface area contributed by atoms with Crippen molar-refractivity contribution in [2.75, 3.05) is 19.7 Å². The number of carboxylic acid groups (broad SMARTS) is 1. The molecule has 0 unspecified atom stereocenters. The first kappa shape index (κ1) is 17.5. The van der Waals surface area contributed by atoms with Crippen molar-refractivity contribution in [1.29, 1.82) is 0 Å². The van der Waals surface area contributed by atoms with Gasteiger partial charge in [-0.1, -0.05) is 6.07 Å². The van der Waals surface area contributed by atoms with Crippen LogP contribution < -0.4 is 4.74 Å². The first-order valence-corrected chi connectivity index (χ1v) is 7.36. The van der Waals surface area contributed by atoms with E-state index in [1.54, 1.807) is 0 Å². The third-order valence-electron chi connectivity index (χ3n) is 3.31. The van der Waals surface area contributed by atoms with E-state index in [0.717, 1.165) is 12.2 Å². The van der Waals surface area contributed by atoms with Crippen molar-refractivity contribution < 1.29 is 14.6 Å². The third kappa shape index (κ3) is 6.63. The van der Waals surface area contributed by atoms with Gasteiger partial charge in [-0.15, -0.1) is 0 Å². The van der Waals surface area contributed by atoms with E-state index in [2.05, 4.69) is 6.07 Å². The number of carbonyl (C=O) groups is 1. The van der Waals surface area contributed by atoms with E-state index in [1.807, 2.05) is 51.7 Å². The molecule has 1 N–H and O–H groups in total. The minimum Gasteiger partial charge on any atom is -0.494 e. The summed E-state index contributed by atoms with van der Waals surface area (Å²) >= 11 is 0. The number of hydrogen-bond donors (Lipinski definition) is 1. The Morgan fingerprint density at radius 1 is 1.19 bits per heavy atom. The molecule has 118 valence electrons. The molecule has 0 saturated heterocycles. The van der Waals surface area contributed by atoms with Crippen LogP contribution in [-0.4, -0.2) is 41.2 Å². The first-order valence-electron chi connectivity index (χ1n) is 7.36. The van der Waals surface area contributed by atoms with E-state index < -0.39 is 5.97 Å². The molecule has 1 aromatic rings. The Morgan fingerprint density at radius 3 is 2.24 bits per heavy atom. The van der Waals surface area contributed by atoms with Gasteiger partial charge in [0.05, 0.1) is 13.2 Å². The molecule has 0 aliphatic carbocycles. The summed E-state index contributed by atoms with van der Waals surface area (Å²) in [4.78, 5) is 12.9. The Bertz CT molecular complexity index is 457. The van der Waals surface area contributed by atoms with Gasteiger partial charge < -0.3 is 9.84 Å². The van der Waals surface area contributed by atoms with Crippen LogP contribution in [-0.2, 0) is 4.79 Å². The maximum absolute atomic E-state index is 10.9. The molecule has 0 aliphatic rings. The van der Waals surface area contributed by atoms with Crippen molar-refractivity contribution >= 4 is 5.97 Å². The maximum Gasteiger partial charge on any atom is 0.317 e. The van der Waals surface area contributed by atoms with Gasteiger partial charge in [0.15, 0.2) is 0 Å². The highest BCUT2D eigenvalue weighted by Crippen LogP contribution is 2.17. The van der Waals surface area contributed by atoms with Crippen LogP contribution in [0, 0.1) is 13.8 Å². The van der Waals surface area contributed by atoms with Gasteiger partial charge in [-0.2, -0.15) is 0 Å². The fraction of sp³-hybridized carbons (Fsp3) is 0.588. The Kier molecular flexibility index (Phi) is 6.21. The van der Waals surface area contributed by atoms with Crippen LogP contribution in [0.1, 0.15) is 38.3 Å². The van der Waals surface area contributed by atoms with Crippen LogP contribution >= 0.6 is 0 Å². The number of ether oxygens (including phenoxy) is 1. The lowest BCUT2D eigenvalue weighted by Crippen LogP contribution is -2.45. The topological polar surface area (TPSA) is 49.8 Å². The van der Waals surface area contributed by atoms with Crippen LogP contribution in [0.5, 0.6) is 5.75 Å². The number of aliphatic carboxylic acids is 1. The number of benzene rings is 1. The van der Waals surface area contributed by atoms with Crippen molar-refractivity contribution in [2.45, 2.75) is 46.6 Å². The van der Waals surface area contributed by atoms with E-state index in [0.29, 0.717) is 13.2 Å². The Hall–Kier alpha value is -1.55. The van der Waals surface area contributed by atoms with Crippen LogP contribution in [0.3, 0.4) is 0 Å². The Morgan fingerprint density at radius 2 is 1.76 bits per heavy atom. The molecule has 21 heavy (non-hydrogen) atoms. The third-order valence-corrected chi connectivity index (χ3v) is 3.31. The second-order valence-electron chi connectivity index (χ2n) is 6.51. The lowest BCUT2D eigenvalue weighted by atomic mass is 10.1. The summed E-state index contributed by atoms with van der Waals surface area (Å²) in [6.07, 6.45) is 0.803. The van der Waals surface area contributed by atoms with E-state index in [-0.39, 0.29) is 12.1 Å². The van der Waals surface area contributed by atoms with Gasteiger partial charge in [0.25, 0.3) is 0 Å². The average Bonchev–Trinajstić information content (AvgIpc) is 2.30. The summed E-state index contributed by atoms with van der Waals surface area (Å²) in [5.74, 6) is 0.0909. The first-order chi connectivity index (χ1) is 9.68. The highest BCUT2D eigenvalue weighted by atomic mass is 16.5. The van der Waals surface area contributed by atoms with Crippen LogP contribution in [0.4, 0.5) is 0 Å². The monoisotopic (exact) mass is 293 g/mol. The number of nitrogens with zero attached hydrogens (tertiary/aromatic N) is 1. The van der Waals surface area contributed by atoms with Crippen molar-refractivity contribution in [3.8, 4) is 5.75 Å². The van der Waals surface area contributed by atoms with E-state index in [9.17, 15) is 4.79 Å². The number of carboxylic acids is 1. The molecule has 0 atom stereocenters. The van der Waals surface area contributed by atoms with E-state index in [1.165, 1.54) is 11.1 Å². The standard InChI is InChI=1S/C17H27NO3/c1-13-9-14(2)11-15(10-13)21-8-6-7-18(12-16(19)20)17(3,4)5/h9-11H,6-8,12H2,1-5H3,(H,19,20). The number of rotatable bonds is 7. The zero-order chi connectivity index (χ0) is 16.0. The maximum atomic E-state index is 10.9. The molecule has 0 saturated carbocycles. The fourth-order valence-corrected chi connectivity index (χ4v) is 2.28. The van der Waals surface area contributed by atoms with Crippen molar-refractivity contribution in [3.63, 3.8) is 0 Å². The van der Waals surface area contributed by atoms with Gasteiger partial charge in [-0.05, 0) is 64.3 Å². The largest absolute Gasteiger partial charge is 0.494 e. The number of aryl methyl sites for hydroxylation is 2. The molecule has 1 rings (SSSR count). The quantitative estimate of drug-likeness (QED) is 0.784. The molecule has 0 heterocycles. The van der Waals surface area contributed by atoms with Crippen LogP contribution in [0.15, 0.2) is 18.2 Å². The van der Waals surface area contributed by atoms with Crippen molar-refractivity contribution in [2.24, 2.45) is 0 Å². The number of hydrogen-bond acceptors (Lipinski definition) is 3. The molecule has 0 aliphatic heterocycles. The highest BCUT2D eigenvalue weighted by molar-refractivity contribution is 5.69. The van der Waals surface area contributed by atoms with Gasteiger partial charge in [0.2, 0.25) is 0 Å². The van der Waals surface area contributed by atoms with Crippen molar-refractivity contribution in [1.82, 2.24) is 4.90 Å². The molecule has 0 radical (unpaired) electrons. The summed E-state index contributed by atoms with van der Waals surface area (Å²) in [5, 5.41) is 8.97. The van der Waals surface area contributed by atoms with Gasteiger partial charge in [-0.25, -0.2) is 0 Å². The summed E-state index contributed by atoms with van der Waals surface area (Å²) in [6.45, 7) is 11.5. The molecule has 0 spiro atoms. The predicted octanol–water partition coefficient (Wildman–Crippen LogP) is 3.26. The fourth-order valence-electron chi connectivity index (χ4n) is 2.28. The highest BCUT2D eigenvalue weighted by Gasteiger charge is 2.22. The summed E-state index contributed by atoms with van der Waals surface area (Å²) in [7, 11) is 0.